The molecule has 1 heterocycles. The van der Waals surface area contributed by atoms with Crippen LogP contribution in [0.2, 0.25) is 0 Å². The predicted octanol–water partition coefficient (Wildman–Crippen LogP) is -0.569. The molecule has 0 bridgehead atoms. The van der Waals surface area contributed by atoms with Gasteiger partial charge in [-0.2, -0.15) is 4.99 Å². The van der Waals surface area contributed by atoms with E-state index in [1.54, 1.807) is 0 Å². The molecule has 0 aliphatic carbocycles. The van der Waals surface area contributed by atoms with Crippen molar-refractivity contribution < 1.29 is 13.2 Å². The Bertz CT molecular complexity index is 733. The SMILES string of the molecule is CS(=O)(=O)c1ccc(C(=O)N=C(N)N)cc1N1CCC(N)CC1. The molecular formula is C14H21N5O3S. The molecule has 1 aliphatic heterocycles. The second-order valence-electron chi connectivity index (χ2n) is 5.62. The third-order valence-electron chi connectivity index (χ3n) is 3.72. The second-order valence-corrected chi connectivity index (χ2v) is 7.61. The van der Waals surface area contributed by atoms with Crippen LogP contribution < -0.4 is 22.1 Å². The van der Waals surface area contributed by atoms with E-state index in [1.165, 1.54) is 18.2 Å². The fourth-order valence-electron chi connectivity index (χ4n) is 2.53. The van der Waals surface area contributed by atoms with Gasteiger partial charge >= 0.3 is 0 Å². The number of hydrogen-bond donors (Lipinski definition) is 3. The van der Waals surface area contributed by atoms with Gasteiger partial charge in [0.25, 0.3) is 5.91 Å². The summed E-state index contributed by atoms with van der Waals surface area (Å²) in [6.07, 6.45) is 2.66. The van der Waals surface area contributed by atoms with Gasteiger partial charge in [-0.05, 0) is 31.0 Å². The topological polar surface area (TPSA) is 145 Å². The molecule has 0 aromatic heterocycles. The number of hydrogen-bond acceptors (Lipinski definition) is 5. The number of amides is 1. The van der Waals surface area contributed by atoms with Gasteiger partial charge in [0.15, 0.2) is 15.8 Å². The third kappa shape index (κ3) is 4.20. The third-order valence-corrected chi connectivity index (χ3v) is 4.86. The Morgan fingerprint density at radius 1 is 1.26 bits per heavy atom. The number of aliphatic imine (C=N–C) groups is 1. The number of sulfone groups is 1. The minimum Gasteiger partial charge on any atom is -0.370 e. The quantitative estimate of drug-likeness (QED) is 0.494. The number of nitrogens with two attached hydrogens (primary N) is 3. The van der Waals surface area contributed by atoms with Gasteiger partial charge in [0.1, 0.15) is 0 Å². The van der Waals surface area contributed by atoms with Crippen LogP contribution in [0, 0.1) is 0 Å². The Labute approximate surface area is 135 Å². The van der Waals surface area contributed by atoms with Gasteiger partial charge in [0.05, 0.1) is 10.6 Å². The van der Waals surface area contributed by atoms with E-state index in [9.17, 15) is 13.2 Å². The first-order valence-electron chi connectivity index (χ1n) is 7.17. The van der Waals surface area contributed by atoms with Crippen LogP contribution >= 0.6 is 0 Å². The summed E-state index contributed by atoms with van der Waals surface area (Å²) >= 11 is 0. The number of guanidine groups is 1. The molecule has 0 unspecified atom stereocenters. The lowest BCUT2D eigenvalue weighted by Crippen LogP contribution is -2.40. The van der Waals surface area contributed by atoms with Crippen molar-refractivity contribution in [2.24, 2.45) is 22.2 Å². The van der Waals surface area contributed by atoms with Crippen LogP contribution in [0.15, 0.2) is 28.1 Å². The number of anilines is 1. The van der Waals surface area contributed by atoms with Crippen LogP contribution in [0.25, 0.3) is 0 Å². The summed E-state index contributed by atoms with van der Waals surface area (Å²) in [6, 6.07) is 4.44. The Balaban J connectivity index is 2.47. The number of rotatable bonds is 3. The summed E-state index contributed by atoms with van der Waals surface area (Å²) in [5.74, 6) is -0.951. The molecule has 0 spiro atoms. The number of carbonyl (C=O) groups excluding carboxylic acids is 1. The van der Waals surface area contributed by atoms with Crippen molar-refractivity contribution in [3.05, 3.63) is 23.8 Å². The summed E-state index contributed by atoms with van der Waals surface area (Å²) < 4.78 is 24.0. The van der Waals surface area contributed by atoms with E-state index in [2.05, 4.69) is 4.99 Å². The van der Waals surface area contributed by atoms with Crippen molar-refractivity contribution in [2.75, 3.05) is 24.2 Å². The van der Waals surface area contributed by atoms with Gasteiger partial charge in [-0.15, -0.1) is 0 Å². The zero-order chi connectivity index (χ0) is 17.2. The highest BCUT2D eigenvalue weighted by atomic mass is 32.2. The Morgan fingerprint density at radius 3 is 2.39 bits per heavy atom. The van der Waals surface area contributed by atoms with Crippen LogP contribution in [0.1, 0.15) is 23.2 Å². The Kier molecular flexibility index (Phi) is 4.90. The standard InChI is InChI=1S/C14H21N5O3S/c1-23(21,22)12-3-2-9(13(20)18-14(16)17)8-11(12)19-6-4-10(15)5-7-19/h2-3,8,10H,4-7,15H2,1H3,(H4,16,17,18,20). The molecule has 6 N–H and O–H groups in total. The molecule has 1 amide bonds. The lowest BCUT2D eigenvalue weighted by molar-refractivity contribution is 0.100. The number of piperidine rings is 1. The van der Waals surface area contributed by atoms with Crippen molar-refractivity contribution in [2.45, 2.75) is 23.8 Å². The number of carbonyl (C=O) groups is 1. The van der Waals surface area contributed by atoms with E-state index in [4.69, 9.17) is 17.2 Å². The van der Waals surface area contributed by atoms with E-state index >= 15 is 0 Å². The molecule has 1 aromatic rings. The zero-order valence-electron chi connectivity index (χ0n) is 12.9. The van der Waals surface area contributed by atoms with Crippen molar-refractivity contribution in [1.29, 1.82) is 0 Å². The van der Waals surface area contributed by atoms with Crippen LogP contribution in [0.5, 0.6) is 0 Å². The molecule has 1 saturated heterocycles. The van der Waals surface area contributed by atoms with E-state index in [-0.39, 0.29) is 22.5 Å². The van der Waals surface area contributed by atoms with Crippen LogP contribution in [-0.2, 0) is 9.84 Å². The molecule has 1 aliphatic rings. The molecule has 23 heavy (non-hydrogen) atoms. The van der Waals surface area contributed by atoms with E-state index < -0.39 is 15.7 Å². The Morgan fingerprint density at radius 2 is 1.87 bits per heavy atom. The van der Waals surface area contributed by atoms with Crippen molar-refractivity contribution in [3.8, 4) is 0 Å². The highest BCUT2D eigenvalue weighted by molar-refractivity contribution is 7.90. The number of benzene rings is 1. The average Bonchev–Trinajstić information content (AvgIpc) is 2.45. The summed E-state index contributed by atoms with van der Waals surface area (Å²) in [4.78, 5) is 17.5. The maximum Gasteiger partial charge on any atom is 0.280 e. The minimum atomic E-state index is -3.43. The largest absolute Gasteiger partial charge is 0.370 e. The molecule has 9 heteroatoms. The summed E-state index contributed by atoms with van der Waals surface area (Å²) in [6.45, 7) is 1.26. The molecule has 1 aromatic carbocycles. The highest BCUT2D eigenvalue weighted by Crippen LogP contribution is 2.29. The van der Waals surface area contributed by atoms with Crippen LogP contribution in [-0.4, -0.2) is 45.7 Å². The van der Waals surface area contributed by atoms with E-state index in [0.29, 0.717) is 18.8 Å². The first-order valence-corrected chi connectivity index (χ1v) is 9.06. The van der Waals surface area contributed by atoms with Crippen molar-refractivity contribution in [3.63, 3.8) is 0 Å². The molecule has 0 atom stereocenters. The molecule has 126 valence electrons. The van der Waals surface area contributed by atoms with Gasteiger partial charge in [0, 0.05) is 31.0 Å². The molecule has 0 saturated carbocycles. The minimum absolute atomic E-state index is 0.111. The lowest BCUT2D eigenvalue weighted by atomic mass is 10.0. The van der Waals surface area contributed by atoms with E-state index in [0.717, 1.165) is 19.1 Å². The first-order chi connectivity index (χ1) is 10.7. The predicted molar refractivity (Wildman–Crippen MR) is 89.1 cm³/mol. The maximum atomic E-state index is 12.0. The summed E-state index contributed by atoms with van der Waals surface area (Å²) in [5, 5.41) is 0. The first kappa shape index (κ1) is 17.2. The Hall–Kier alpha value is -2.13. The molecular weight excluding hydrogens is 318 g/mol. The van der Waals surface area contributed by atoms with Crippen LogP contribution in [0.3, 0.4) is 0 Å². The smallest absolute Gasteiger partial charge is 0.280 e. The lowest BCUT2D eigenvalue weighted by Gasteiger charge is -2.33. The fraction of sp³-hybridized carbons (Fsp3) is 0.429. The maximum absolute atomic E-state index is 12.0. The highest BCUT2D eigenvalue weighted by Gasteiger charge is 2.23. The molecule has 0 radical (unpaired) electrons. The van der Waals surface area contributed by atoms with Gasteiger partial charge in [0.2, 0.25) is 0 Å². The summed E-state index contributed by atoms with van der Waals surface area (Å²) in [7, 11) is -3.43. The zero-order valence-corrected chi connectivity index (χ0v) is 13.7. The summed E-state index contributed by atoms with van der Waals surface area (Å²) in [5.41, 5.74) is 17.0. The van der Waals surface area contributed by atoms with Gasteiger partial charge < -0.3 is 22.1 Å². The molecule has 2 rings (SSSR count). The fourth-order valence-corrected chi connectivity index (χ4v) is 3.42. The molecule has 1 fully saturated rings. The molecule has 8 nitrogen and oxygen atoms in total. The number of nitrogens with zero attached hydrogens (tertiary/aromatic N) is 2. The van der Waals surface area contributed by atoms with Gasteiger partial charge in [-0.25, -0.2) is 8.42 Å². The second kappa shape index (κ2) is 6.55. The normalized spacial score (nSPS) is 16.2. The van der Waals surface area contributed by atoms with Gasteiger partial charge in [-0.3, -0.25) is 4.79 Å². The monoisotopic (exact) mass is 339 g/mol. The average molecular weight is 339 g/mol. The van der Waals surface area contributed by atoms with Crippen molar-refractivity contribution in [1.82, 2.24) is 0 Å². The van der Waals surface area contributed by atoms with E-state index in [1.807, 2.05) is 4.90 Å². The van der Waals surface area contributed by atoms with Gasteiger partial charge in [-0.1, -0.05) is 0 Å². The van der Waals surface area contributed by atoms with Crippen LogP contribution in [0.4, 0.5) is 5.69 Å². The van der Waals surface area contributed by atoms with Crippen molar-refractivity contribution >= 4 is 27.4 Å².